The predicted octanol–water partition coefficient (Wildman–Crippen LogP) is 1.36. The highest BCUT2D eigenvalue weighted by Gasteiger charge is 2.21. The van der Waals surface area contributed by atoms with Crippen LogP contribution in [0.4, 0.5) is 0 Å². The molecule has 0 aliphatic rings. The van der Waals surface area contributed by atoms with Gasteiger partial charge in [0.05, 0.1) is 11.0 Å². The maximum atomic E-state index is 12.4. The average Bonchev–Trinajstić information content (AvgIpc) is 2.43. The Bertz CT molecular complexity index is 529. The molecule has 6 heteroatoms. The average molecular weight is 300 g/mol. The van der Waals surface area contributed by atoms with Crippen LogP contribution in [0.15, 0.2) is 29.2 Å². The van der Waals surface area contributed by atoms with E-state index in [-0.39, 0.29) is 10.9 Å². The van der Waals surface area contributed by atoms with Crippen LogP contribution in [0.1, 0.15) is 31.9 Å². The first-order valence-electron chi connectivity index (χ1n) is 6.70. The Morgan fingerprint density at radius 1 is 1.35 bits per heavy atom. The van der Waals surface area contributed by atoms with Gasteiger partial charge in [0.25, 0.3) is 0 Å². The Morgan fingerprint density at radius 3 is 2.55 bits per heavy atom. The van der Waals surface area contributed by atoms with E-state index in [9.17, 15) is 13.5 Å². The molecule has 0 radical (unpaired) electrons. The third-order valence-electron chi connectivity index (χ3n) is 3.36. The number of rotatable bonds is 7. The lowest BCUT2D eigenvalue weighted by molar-refractivity contribution is 0.177. The lowest BCUT2D eigenvalue weighted by Crippen LogP contribution is -2.29. The lowest BCUT2D eigenvalue weighted by Gasteiger charge is -2.19. The highest BCUT2D eigenvalue weighted by molar-refractivity contribution is 7.89. The first-order chi connectivity index (χ1) is 9.28. The van der Waals surface area contributed by atoms with Gasteiger partial charge in [0.1, 0.15) is 0 Å². The summed E-state index contributed by atoms with van der Waals surface area (Å²) in [5, 5.41) is 12.3. The van der Waals surface area contributed by atoms with Crippen molar-refractivity contribution in [2.24, 2.45) is 0 Å². The zero-order chi connectivity index (χ0) is 15.3. The molecule has 2 atom stereocenters. The van der Waals surface area contributed by atoms with Crippen molar-refractivity contribution in [3.05, 3.63) is 29.8 Å². The Hall–Kier alpha value is -0.950. The molecule has 114 valence electrons. The first-order valence-corrected chi connectivity index (χ1v) is 8.14. The van der Waals surface area contributed by atoms with Gasteiger partial charge >= 0.3 is 0 Å². The third-order valence-corrected chi connectivity index (χ3v) is 5.21. The Kier molecular flexibility index (Phi) is 6.13. The standard InChI is InChI=1S/C14H24N2O3S/c1-11(17)8-9-16(4)20(18,19)14-7-5-6-13(10-14)12(2)15-3/h5-7,10-12,15,17H,8-9H2,1-4H3. The summed E-state index contributed by atoms with van der Waals surface area (Å²) in [7, 11) is -0.137. The molecule has 0 bridgehead atoms. The minimum atomic E-state index is -3.50. The summed E-state index contributed by atoms with van der Waals surface area (Å²) in [5.41, 5.74) is 0.928. The van der Waals surface area contributed by atoms with E-state index < -0.39 is 16.1 Å². The Labute approximate surface area is 121 Å². The third kappa shape index (κ3) is 4.28. The van der Waals surface area contributed by atoms with Crippen LogP contribution in [0.3, 0.4) is 0 Å². The second-order valence-electron chi connectivity index (χ2n) is 5.05. The first kappa shape index (κ1) is 17.1. The quantitative estimate of drug-likeness (QED) is 0.798. The predicted molar refractivity (Wildman–Crippen MR) is 80.0 cm³/mol. The zero-order valence-corrected chi connectivity index (χ0v) is 13.3. The molecule has 2 N–H and O–H groups in total. The minimum Gasteiger partial charge on any atom is -0.393 e. The highest BCUT2D eigenvalue weighted by Crippen LogP contribution is 2.20. The van der Waals surface area contributed by atoms with E-state index in [1.165, 1.54) is 11.4 Å². The van der Waals surface area contributed by atoms with Crippen molar-refractivity contribution in [3.8, 4) is 0 Å². The molecule has 1 rings (SSSR count). The fourth-order valence-electron chi connectivity index (χ4n) is 1.78. The Balaban J connectivity index is 2.97. The van der Waals surface area contributed by atoms with Crippen molar-refractivity contribution in [1.82, 2.24) is 9.62 Å². The molecule has 0 fully saturated rings. The van der Waals surface area contributed by atoms with Crippen molar-refractivity contribution in [2.45, 2.75) is 37.3 Å². The lowest BCUT2D eigenvalue weighted by atomic mass is 10.1. The van der Waals surface area contributed by atoms with Gasteiger partial charge in [0, 0.05) is 19.6 Å². The van der Waals surface area contributed by atoms with Crippen LogP contribution in [-0.4, -0.2) is 44.6 Å². The number of aliphatic hydroxyl groups excluding tert-OH is 1. The van der Waals surface area contributed by atoms with Gasteiger partial charge in [0.15, 0.2) is 0 Å². The summed E-state index contributed by atoms with van der Waals surface area (Å²) in [6, 6.07) is 7.03. The van der Waals surface area contributed by atoms with Crippen LogP contribution < -0.4 is 5.32 Å². The topological polar surface area (TPSA) is 69.6 Å². The van der Waals surface area contributed by atoms with Crippen LogP contribution in [0.2, 0.25) is 0 Å². The molecule has 0 amide bonds. The van der Waals surface area contributed by atoms with Gasteiger partial charge in [-0.1, -0.05) is 12.1 Å². The summed E-state index contributed by atoms with van der Waals surface area (Å²) < 4.78 is 26.1. The molecule has 0 aliphatic heterocycles. The molecule has 2 unspecified atom stereocenters. The molecule has 0 saturated heterocycles. The molecule has 0 heterocycles. The zero-order valence-electron chi connectivity index (χ0n) is 12.5. The normalized spacial score (nSPS) is 15.3. The van der Waals surface area contributed by atoms with E-state index in [1.807, 2.05) is 20.0 Å². The SMILES string of the molecule is CNC(C)c1cccc(S(=O)(=O)N(C)CCC(C)O)c1. The molecule has 0 aliphatic carbocycles. The molecule has 1 aromatic rings. The number of hydrogen-bond acceptors (Lipinski definition) is 4. The van der Waals surface area contributed by atoms with E-state index in [2.05, 4.69) is 5.32 Å². The second kappa shape index (κ2) is 7.17. The fraction of sp³-hybridized carbons (Fsp3) is 0.571. The van der Waals surface area contributed by atoms with Gasteiger partial charge in [-0.15, -0.1) is 0 Å². The van der Waals surface area contributed by atoms with Crippen molar-refractivity contribution < 1.29 is 13.5 Å². The van der Waals surface area contributed by atoms with Gasteiger partial charge in [-0.25, -0.2) is 12.7 Å². The number of benzene rings is 1. The highest BCUT2D eigenvalue weighted by atomic mass is 32.2. The number of nitrogens with zero attached hydrogens (tertiary/aromatic N) is 1. The van der Waals surface area contributed by atoms with Crippen molar-refractivity contribution in [2.75, 3.05) is 20.6 Å². The van der Waals surface area contributed by atoms with Crippen molar-refractivity contribution in [3.63, 3.8) is 0 Å². The minimum absolute atomic E-state index is 0.0907. The van der Waals surface area contributed by atoms with E-state index in [1.54, 1.807) is 25.1 Å². The van der Waals surface area contributed by atoms with E-state index in [4.69, 9.17) is 0 Å². The largest absolute Gasteiger partial charge is 0.393 e. The van der Waals surface area contributed by atoms with Crippen LogP contribution >= 0.6 is 0 Å². The molecular formula is C14H24N2O3S. The van der Waals surface area contributed by atoms with Crippen LogP contribution in [0.25, 0.3) is 0 Å². The van der Waals surface area contributed by atoms with Crippen LogP contribution in [-0.2, 0) is 10.0 Å². The van der Waals surface area contributed by atoms with Gasteiger partial charge in [-0.3, -0.25) is 0 Å². The molecule has 0 spiro atoms. The van der Waals surface area contributed by atoms with Crippen molar-refractivity contribution >= 4 is 10.0 Å². The number of nitrogens with one attached hydrogen (secondary N) is 1. The number of aliphatic hydroxyl groups is 1. The monoisotopic (exact) mass is 300 g/mol. The van der Waals surface area contributed by atoms with E-state index in [0.29, 0.717) is 13.0 Å². The molecular weight excluding hydrogens is 276 g/mol. The molecule has 5 nitrogen and oxygen atoms in total. The molecule has 0 saturated carbocycles. The van der Waals surface area contributed by atoms with Crippen LogP contribution in [0, 0.1) is 0 Å². The molecule has 1 aromatic carbocycles. The molecule has 0 aromatic heterocycles. The maximum absolute atomic E-state index is 12.4. The summed E-state index contributed by atoms with van der Waals surface area (Å²) in [4.78, 5) is 0.283. The summed E-state index contributed by atoms with van der Waals surface area (Å²) in [6.07, 6.45) is -0.0918. The smallest absolute Gasteiger partial charge is 0.242 e. The number of hydrogen-bond donors (Lipinski definition) is 2. The van der Waals surface area contributed by atoms with Gasteiger partial charge < -0.3 is 10.4 Å². The Morgan fingerprint density at radius 2 is 2.00 bits per heavy atom. The summed E-state index contributed by atoms with van der Waals surface area (Å²) in [5.74, 6) is 0. The van der Waals surface area contributed by atoms with Crippen molar-refractivity contribution in [1.29, 1.82) is 0 Å². The summed E-state index contributed by atoms with van der Waals surface area (Å²) >= 11 is 0. The van der Waals surface area contributed by atoms with E-state index in [0.717, 1.165) is 5.56 Å². The second-order valence-corrected chi connectivity index (χ2v) is 7.09. The fourth-order valence-corrected chi connectivity index (χ4v) is 3.02. The van der Waals surface area contributed by atoms with E-state index >= 15 is 0 Å². The van der Waals surface area contributed by atoms with Crippen LogP contribution in [0.5, 0.6) is 0 Å². The van der Waals surface area contributed by atoms with Gasteiger partial charge in [-0.2, -0.15) is 0 Å². The maximum Gasteiger partial charge on any atom is 0.242 e. The van der Waals surface area contributed by atoms with Gasteiger partial charge in [-0.05, 0) is 45.0 Å². The summed E-state index contributed by atoms with van der Waals surface area (Å²) in [6.45, 7) is 3.92. The molecule has 20 heavy (non-hydrogen) atoms. The number of sulfonamides is 1. The van der Waals surface area contributed by atoms with Gasteiger partial charge in [0.2, 0.25) is 10.0 Å².